The fraction of sp³-hybridized carbons (Fsp3) is 0.462. The SMILES string of the molecule is Cc1ccc(F)c(C(=O)C2CCCCS2)c1. The molecule has 0 aromatic heterocycles. The van der Waals surface area contributed by atoms with E-state index in [0.717, 1.165) is 24.2 Å². The van der Waals surface area contributed by atoms with Crippen molar-refractivity contribution in [2.45, 2.75) is 31.4 Å². The van der Waals surface area contributed by atoms with Crippen LogP contribution < -0.4 is 0 Å². The van der Waals surface area contributed by atoms with Crippen LogP contribution in [0.4, 0.5) is 4.39 Å². The molecule has 1 aliphatic rings. The number of hydrogen-bond donors (Lipinski definition) is 0. The van der Waals surface area contributed by atoms with E-state index < -0.39 is 0 Å². The number of carbonyl (C=O) groups excluding carboxylic acids is 1. The van der Waals surface area contributed by atoms with Crippen LogP contribution in [-0.4, -0.2) is 16.8 Å². The molecule has 1 aromatic rings. The largest absolute Gasteiger partial charge is 0.293 e. The number of halogens is 1. The van der Waals surface area contributed by atoms with Crippen molar-refractivity contribution in [2.24, 2.45) is 0 Å². The summed E-state index contributed by atoms with van der Waals surface area (Å²) in [7, 11) is 0. The zero-order valence-corrected chi connectivity index (χ0v) is 10.1. The fourth-order valence-electron chi connectivity index (χ4n) is 1.95. The van der Waals surface area contributed by atoms with Crippen LogP contribution in [0, 0.1) is 12.7 Å². The summed E-state index contributed by atoms with van der Waals surface area (Å²) >= 11 is 1.66. The smallest absolute Gasteiger partial charge is 0.178 e. The van der Waals surface area contributed by atoms with Crippen LogP contribution in [0.25, 0.3) is 0 Å². The van der Waals surface area contributed by atoms with Crippen molar-refractivity contribution >= 4 is 17.5 Å². The molecule has 1 saturated heterocycles. The first kappa shape index (κ1) is 11.6. The highest BCUT2D eigenvalue weighted by molar-refractivity contribution is 8.00. The number of rotatable bonds is 2. The Labute approximate surface area is 99.4 Å². The summed E-state index contributed by atoms with van der Waals surface area (Å²) in [6.45, 7) is 1.88. The Morgan fingerprint density at radius 3 is 2.94 bits per heavy atom. The van der Waals surface area contributed by atoms with Gasteiger partial charge in [-0.3, -0.25) is 4.79 Å². The van der Waals surface area contributed by atoms with Gasteiger partial charge in [-0.05, 0) is 37.7 Å². The maximum Gasteiger partial charge on any atom is 0.178 e. The molecule has 0 amide bonds. The first-order valence-electron chi connectivity index (χ1n) is 5.60. The van der Waals surface area contributed by atoms with Gasteiger partial charge < -0.3 is 0 Å². The van der Waals surface area contributed by atoms with Gasteiger partial charge in [0, 0.05) is 0 Å². The van der Waals surface area contributed by atoms with Crippen LogP contribution in [0.15, 0.2) is 18.2 Å². The van der Waals surface area contributed by atoms with Gasteiger partial charge in [0.2, 0.25) is 0 Å². The average Bonchev–Trinajstić information content (AvgIpc) is 2.32. The van der Waals surface area contributed by atoms with Gasteiger partial charge in [0.05, 0.1) is 10.8 Å². The lowest BCUT2D eigenvalue weighted by molar-refractivity contribution is 0.0981. The minimum atomic E-state index is -0.387. The first-order chi connectivity index (χ1) is 7.68. The normalized spacial score (nSPS) is 20.8. The van der Waals surface area contributed by atoms with E-state index in [9.17, 15) is 9.18 Å². The number of carbonyl (C=O) groups is 1. The Morgan fingerprint density at radius 2 is 2.25 bits per heavy atom. The molecule has 16 heavy (non-hydrogen) atoms. The third kappa shape index (κ3) is 2.46. The first-order valence-corrected chi connectivity index (χ1v) is 6.65. The van der Waals surface area contributed by atoms with E-state index in [0.29, 0.717) is 0 Å². The minimum Gasteiger partial charge on any atom is -0.293 e. The predicted octanol–water partition coefficient (Wildman–Crippen LogP) is 3.60. The second kappa shape index (κ2) is 5.00. The van der Waals surface area contributed by atoms with Crippen molar-refractivity contribution < 1.29 is 9.18 Å². The summed E-state index contributed by atoms with van der Waals surface area (Å²) in [6.07, 6.45) is 3.14. The monoisotopic (exact) mass is 238 g/mol. The second-order valence-electron chi connectivity index (χ2n) is 4.20. The highest BCUT2D eigenvalue weighted by Gasteiger charge is 2.24. The molecular weight excluding hydrogens is 223 g/mol. The van der Waals surface area contributed by atoms with Crippen LogP contribution in [0.3, 0.4) is 0 Å². The van der Waals surface area contributed by atoms with Crippen LogP contribution in [0.5, 0.6) is 0 Å². The zero-order chi connectivity index (χ0) is 11.5. The molecule has 0 bridgehead atoms. The van der Waals surface area contributed by atoms with Crippen molar-refractivity contribution in [1.29, 1.82) is 0 Å². The zero-order valence-electron chi connectivity index (χ0n) is 9.33. The summed E-state index contributed by atoms with van der Waals surface area (Å²) < 4.78 is 13.5. The highest BCUT2D eigenvalue weighted by Crippen LogP contribution is 2.28. The van der Waals surface area contributed by atoms with Gasteiger partial charge in [-0.1, -0.05) is 18.1 Å². The van der Waals surface area contributed by atoms with Crippen LogP contribution in [0.2, 0.25) is 0 Å². The van der Waals surface area contributed by atoms with Crippen LogP contribution in [-0.2, 0) is 0 Å². The fourth-order valence-corrected chi connectivity index (χ4v) is 3.22. The summed E-state index contributed by atoms with van der Waals surface area (Å²) in [5.74, 6) is 0.594. The minimum absolute atomic E-state index is 0.0362. The van der Waals surface area contributed by atoms with Crippen molar-refractivity contribution in [3.05, 3.63) is 35.1 Å². The Hall–Kier alpha value is -0.830. The molecule has 0 N–H and O–H groups in total. The molecule has 86 valence electrons. The van der Waals surface area contributed by atoms with Gasteiger partial charge in [-0.15, -0.1) is 0 Å². The number of ketones is 1. The molecule has 1 fully saturated rings. The quantitative estimate of drug-likeness (QED) is 0.732. The van der Waals surface area contributed by atoms with E-state index in [-0.39, 0.29) is 22.4 Å². The number of aryl methyl sites for hydroxylation is 1. The molecule has 0 radical (unpaired) electrons. The molecule has 1 unspecified atom stereocenters. The van der Waals surface area contributed by atoms with Gasteiger partial charge in [-0.2, -0.15) is 11.8 Å². The standard InChI is InChI=1S/C13H15FOS/c1-9-5-6-11(14)10(8-9)13(15)12-4-2-3-7-16-12/h5-6,8,12H,2-4,7H2,1H3. The summed E-state index contributed by atoms with van der Waals surface area (Å²) in [5, 5.41) is -0.0370. The van der Waals surface area contributed by atoms with Crippen molar-refractivity contribution in [3.63, 3.8) is 0 Å². The Balaban J connectivity index is 2.22. The number of benzene rings is 1. The lowest BCUT2D eigenvalue weighted by Gasteiger charge is -2.20. The number of Topliss-reactive ketones (excluding diaryl/α,β-unsaturated/α-hetero) is 1. The third-order valence-corrected chi connectivity index (χ3v) is 4.24. The van der Waals surface area contributed by atoms with E-state index in [1.54, 1.807) is 23.9 Å². The summed E-state index contributed by atoms with van der Waals surface area (Å²) in [4.78, 5) is 12.1. The molecule has 0 spiro atoms. The van der Waals surface area contributed by atoms with Crippen molar-refractivity contribution in [3.8, 4) is 0 Å². The number of thioether (sulfide) groups is 1. The van der Waals surface area contributed by atoms with Crippen LogP contribution >= 0.6 is 11.8 Å². The molecule has 0 aliphatic carbocycles. The van der Waals surface area contributed by atoms with Crippen molar-refractivity contribution in [1.82, 2.24) is 0 Å². The molecule has 1 heterocycles. The van der Waals surface area contributed by atoms with Gasteiger partial charge in [0.25, 0.3) is 0 Å². The summed E-state index contributed by atoms with van der Waals surface area (Å²) in [6, 6.07) is 4.74. The Bertz CT molecular complexity index is 397. The number of hydrogen-bond acceptors (Lipinski definition) is 2. The molecule has 1 aromatic carbocycles. The van der Waals surface area contributed by atoms with Gasteiger partial charge in [0.1, 0.15) is 5.82 Å². The lowest BCUT2D eigenvalue weighted by atomic mass is 10.0. The van der Waals surface area contributed by atoms with Gasteiger partial charge in [0.15, 0.2) is 5.78 Å². The average molecular weight is 238 g/mol. The topological polar surface area (TPSA) is 17.1 Å². The van der Waals surface area contributed by atoms with Crippen LogP contribution in [0.1, 0.15) is 35.2 Å². The third-order valence-electron chi connectivity index (χ3n) is 2.86. The maximum atomic E-state index is 13.5. The van der Waals surface area contributed by atoms with Crippen molar-refractivity contribution in [2.75, 3.05) is 5.75 Å². The molecule has 1 nitrogen and oxygen atoms in total. The molecule has 1 aliphatic heterocycles. The highest BCUT2D eigenvalue weighted by atomic mass is 32.2. The molecule has 3 heteroatoms. The van der Waals surface area contributed by atoms with E-state index >= 15 is 0 Å². The Morgan fingerprint density at radius 1 is 1.44 bits per heavy atom. The van der Waals surface area contributed by atoms with E-state index in [1.807, 2.05) is 6.92 Å². The lowest BCUT2D eigenvalue weighted by Crippen LogP contribution is -2.22. The van der Waals surface area contributed by atoms with Gasteiger partial charge >= 0.3 is 0 Å². The van der Waals surface area contributed by atoms with E-state index in [1.165, 1.54) is 12.5 Å². The van der Waals surface area contributed by atoms with E-state index in [2.05, 4.69) is 0 Å². The Kier molecular flexibility index (Phi) is 3.64. The molecular formula is C13H15FOS. The molecule has 2 rings (SSSR count). The van der Waals surface area contributed by atoms with Gasteiger partial charge in [-0.25, -0.2) is 4.39 Å². The second-order valence-corrected chi connectivity index (χ2v) is 5.51. The van der Waals surface area contributed by atoms with E-state index in [4.69, 9.17) is 0 Å². The molecule has 1 atom stereocenters. The maximum absolute atomic E-state index is 13.5. The summed E-state index contributed by atoms with van der Waals surface area (Å²) in [5.41, 5.74) is 1.20. The predicted molar refractivity (Wildman–Crippen MR) is 65.6 cm³/mol. The molecule has 0 saturated carbocycles.